The summed E-state index contributed by atoms with van der Waals surface area (Å²) >= 11 is 5.19. The summed E-state index contributed by atoms with van der Waals surface area (Å²) in [6.45, 7) is 0. The van der Waals surface area contributed by atoms with Gasteiger partial charge in [-0.2, -0.15) is 5.10 Å². The fourth-order valence-corrected chi connectivity index (χ4v) is 2.81. The summed E-state index contributed by atoms with van der Waals surface area (Å²) in [5.74, 6) is 0.898. The Bertz CT molecular complexity index is 475. The summed E-state index contributed by atoms with van der Waals surface area (Å²) in [6, 6.07) is 5.98. The molecule has 0 aliphatic heterocycles. The molecule has 0 fully saturated rings. The minimum atomic E-state index is 0.788. The number of hydrogen-bond donors (Lipinski definition) is 1. The number of halogens is 1. The van der Waals surface area contributed by atoms with Gasteiger partial charge in [0.05, 0.1) is 6.20 Å². The van der Waals surface area contributed by atoms with E-state index in [1.165, 1.54) is 10.5 Å². The lowest BCUT2D eigenvalue weighted by Gasteiger charge is -2.02. The quantitative estimate of drug-likeness (QED) is 0.699. The zero-order valence-corrected chi connectivity index (χ0v) is 11.3. The summed E-state index contributed by atoms with van der Waals surface area (Å²) in [4.78, 5) is 1.17. The molecule has 0 aliphatic carbocycles. The lowest BCUT2D eigenvalue weighted by atomic mass is 10.2. The second-order valence-electron chi connectivity index (χ2n) is 3.53. The number of benzene rings is 1. The first-order valence-electron chi connectivity index (χ1n) is 4.80. The molecule has 0 radical (unpaired) electrons. The van der Waals surface area contributed by atoms with Crippen molar-refractivity contribution in [1.82, 2.24) is 9.78 Å². The van der Waals surface area contributed by atoms with Crippen LogP contribution in [0.2, 0.25) is 0 Å². The van der Waals surface area contributed by atoms with E-state index >= 15 is 0 Å². The Balaban J connectivity index is 2.04. The fourth-order valence-electron chi connectivity index (χ4n) is 1.40. The number of thioether (sulfide) groups is 1. The lowest BCUT2D eigenvalue weighted by Crippen LogP contribution is -1.88. The van der Waals surface area contributed by atoms with Gasteiger partial charge in [-0.15, -0.1) is 11.8 Å². The summed E-state index contributed by atoms with van der Waals surface area (Å²) in [5, 5.41) is 4.13. The molecule has 0 atom stereocenters. The van der Waals surface area contributed by atoms with Crippen LogP contribution in [0.25, 0.3) is 0 Å². The Morgan fingerprint density at radius 2 is 2.25 bits per heavy atom. The van der Waals surface area contributed by atoms with Gasteiger partial charge >= 0.3 is 0 Å². The molecule has 1 aromatic heterocycles. The summed E-state index contributed by atoms with van der Waals surface area (Å²) in [7, 11) is 1.92. The van der Waals surface area contributed by atoms with E-state index in [1.807, 2.05) is 31.6 Å². The van der Waals surface area contributed by atoms with Crippen LogP contribution in [0.15, 0.2) is 40.0 Å². The number of nitrogen functional groups attached to an aromatic ring is 1. The van der Waals surface area contributed by atoms with E-state index in [9.17, 15) is 0 Å². The van der Waals surface area contributed by atoms with Crippen molar-refractivity contribution >= 4 is 33.4 Å². The molecule has 0 bridgehead atoms. The van der Waals surface area contributed by atoms with Gasteiger partial charge in [-0.05, 0) is 23.8 Å². The fraction of sp³-hybridized carbons (Fsp3) is 0.182. The van der Waals surface area contributed by atoms with Crippen molar-refractivity contribution in [3.8, 4) is 0 Å². The van der Waals surface area contributed by atoms with Crippen LogP contribution in [-0.4, -0.2) is 9.78 Å². The summed E-state index contributed by atoms with van der Waals surface area (Å²) in [5.41, 5.74) is 7.77. The maximum Gasteiger partial charge on any atom is 0.0625 e. The van der Waals surface area contributed by atoms with Crippen molar-refractivity contribution in [2.24, 2.45) is 7.05 Å². The van der Waals surface area contributed by atoms with E-state index < -0.39 is 0 Å². The third-order valence-electron chi connectivity index (χ3n) is 2.07. The van der Waals surface area contributed by atoms with Crippen LogP contribution < -0.4 is 5.73 Å². The zero-order valence-electron chi connectivity index (χ0n) is 8.85. The predicted octanol–water partition coefficient (Wildman–Crippen LogP) is 3.06. The highest BCUT2D eigenvalue weighted by atomic mass is 79.9. The first-order valence-corrected chi connectivity index (χ1v) is 6.58. The largest absolute Gasteiger partial charge is 0.399 e. The highest BCUT2D eigenvalue weighted by molar-refractivity contribution is 9.10. The molecular formula is C11H12BrN3S. The molecule has 0 unspecified atom stereocenters. The normalized spacial score (nSPS) is 10.6. The zero-order chi connectivity index (χ0) is 11.5. The van der Waals surface area contributed by atoms with Gasteiger partial charge in [0.2, 0.25) is 0 Å². The molecule has 0 aliphatic rings. The third kappa shape index (κ3) is 3.02. The molecule has 2 N–H and O–H groups in total. The molecule has 84 valence electrons. The molecule has 16 heavy (non-hydrogen) atoms. The van der Waals surface area contributed by atoms with Crippen molar-refractivity contribution in [2.75, 3.05) is 5.73 Å². The average molecular weight is 298 g/mol. The van der Waals surface area contributed by atoms with Crippen LogP contribution in [0, 0.1) is 0 Å². The van der Waals surface area contributed by atoms with Crippen LogP contribution in [-0.2, 0) is 12.8 Å². The monoisotopic (exact) mass is 297 g/mol. The van der Waals surface area contributed by atoms with Gasteiger partial charge in [0.15, 0.2) is 0 Å². The Kier molecular flexibility index (Phi) is 3.56. The highest BCUT2D eigenvalue weighted by Gasteiger charge is 2.00. The first-order chi connectivity index (χ1) is 7.63. The molecule has 2 rings (SSSR count). The van der Waals surface area contributed by atoms with E-state index in [0.717, 1.165) is 15.9 Å². The predicted molar refractivity (Wildman–Crippen MR) is 71.3 cm³/mol. The van der Waals surface area contributed by atoms with E-state index in [-0.39, 0.29) is 0 Å². The van der Waals surface area contributed by atoms with E-state index in [4.69, 9.17) is 5.73 Å². The van der Waals surface area contributed by atoms with E-state index in [0.29, 0.717) is 0 Å². The van der Waals surface area contributed by atoms with Crippen molar-refractivity contribution < 1.29 is 0 Å². The van der Waals surface area contributed by atoms with Gasteiger partial charge in [-0.25, -0.2) is 0 Å². The SMILES string of the molecule is Cn1cc(SCc2cc(N)cc(Br)c2)cn1. The second kappa shape index (κ2) is 4.93. The minimum Gasteiger partial charge on any atom is -0.399 e. The molecule has 0 saturated carbocycles. The number of nitrogens with zero attached hydrogens (tertiary/aromatic N) is 2. The Morgan fingerprint density at radius 1 is 1.44 bits per heavy atom. The number of aryl methyl sites for hydroxylation is 1. The summed E-state index contributed by atoms with van der Waals surface area (Å²) < 4.78 is 2.83. The molecule has 2 aromatic rings. The number of aromatic nitrogens is 2. The summed E-state index contributed by atoms with van der Waals surface area (Å²) in [6.07, 6.45) is 3.87. The number of anilines is 1. The molecule has 3 nitrogen and oxygen atoms in total. The lowest BCUT2D eigenvalue weighted by molar-refractivity contribution is 0.766. The standard InChI is InChI=1S/C11H12BrN3S/c1-15-6-11(5-14-15)16-7-8-2-9(12)4-10(13)3-8/h2-6H,7,13H2,1H3. The first kappa shape index (κ1) is 11.5. The van der Waals surface area contributed by atoms with Gasteiger partial charge in [0, 0.05) is 34.1 Å². The van der Waals surface area contributed by atoms with E-state index in [1.54, 1.807) is 16.4 Å². The van der Waals surface area contributed by atoms with Gasteiger partial charge < -0.3 is 5.73 Å². The Morgan fingerprint density at radius 3 is 2.88 bits per heavy atom. The topological polar surface area (TPSA) is 43.8 Å². The maximum absolute atomic E-state index is 5.78. The van der Waals surface area contributed by atoms with Gasteiger partial charge in [-0.3, -0.25) is 4.68 Å². The molecule has 5 heteroatoms. The second-order valence-corrected chi connectivity index (χ2v) is 5.50. The molecule has 1 heterocycles. The maximum atomic E-state index is 5.78. The molecule has 0 amide bonds. The van der Waals surface area contributed by atoms with Crippen molar-refractivity contribution in [1.29, 1.82) is 0 Å². The minimum absolute atomic E-state index is 0.788. The van der Waals surface area contributed by atoms with Crippen LogP contribution in [0.4, 0.5) is 5.69 Å². The van der Waals surface area contributed by atoms with Crippen molar-refractivity contribution in [3.63, 3.8) is 0 Å². The van der Waals surface area contributed by atoms with Crippen molar-refractivity contribution in [2.45, 2.75) is 10.6 Å². The third-order valence-corrected chi connectivity index (χ3v) is 3.55. The highest BCUT2D eigenvalue weighted by Crippen LogP contribution is 2.25. The van der Waals surface area contributed by atoms with Gasteiger partial charge in [0.1, 0.15) is 0 Å². The Hall–Kier alpha value is -0.940. The Labute approximate surface area is 107 Å². The smallest absolute Gasteiger partial charge is 0.0625 e. The number of nitrogens with two attached hydrogens (primary N) is 1. The number of rotatable bonds is 3. The average Bonchev–Trinajstić information content (AvgIpc) is 2.60. The van der Waals surface area contributed by atoms with Gasteiger partial charge in [0.25, 0.3) is 0 Å². The van der Waals surface area contributed by atoms with Crippen LogP contribution >= 0.6 is 27.7 Å². The van der Waals surface area contributed by atoms with Crippen LogP contribution in [0.3, 0.4) is 0 Å². The molecule has 0 spiro atoms. The molecule has 0 saturated heterocycles. The van der Waals surface area contributed by atoms with E-state index in [2.05, 4.69) is 27.1 Å². The number of hydrogen-bond acceptors (Lipinski definition) is 3. The van der Waals surface area contributed by atoms with Gasteiger partial charge in [-0.1, -0.05) is 15.9 Å². The molecule has 1 aromatic carbocycles. The van der Waals surface area contributed by atoms with Crippen molar-refractivity contribution in [3.05, 3.63) is 40.6 Å². The molecular weight excluding hydrogens is 286 g/mol. The van der Waals surface area contributed by atoms with Crippen LogP contribution in [0.5, 0.6) is 0 Å². The van der Waals surface area contributed by atoms with Crippen LogP contribution in [0.1, 0.15) is 5.56 Å².